The number of hydrogen-bond donors (Lipinski definition) is 1. The summed E-state index contributed by atoms with van der Waals surface area (Å²) in [7, 11) is 1.53. The number of amides is 1. The Morgan fingerprint density at radius 1 is 1.35 bits per heavy atom. The number of alkyl halides is 3. The van der Waals surface area contributed by atoms with E-state index in [0.717, 1.165) is 22.7 Å². The normalized spacial score (nSPS) is 11.3. The van der Waals surface area contributed by atoms with Gasteiger partial charge in [-0.15, -0.1) is 10.2 Å². The van der Waals surface area contributed by atoms with Crippen molar-refractivity contribution in [1.29, 1.82) is 0 Å². The molecule has 0 fully saturated rings. The molecule has 6 nitrogen and oxygen atoms in total. The molecule has 1 aromatic heterocycles. The SMILES string of the molecule is COc1ccc(NC(=O)CSc2nncn2CC(F)(F)F)cc1. The van der Waals surface area contributed by atoms with Gasteiger partial charge in [0.25, 0.3) is 0 Å². The van der Waals surface area contributed by atoms with E-state index >= 15 is 0 Å². The summed E-state index contributed by atoms with van der Waals surface area (Å²) < 4.78 is 43.0. The largest absolute Gasteiger partial charge is 0.497 e. The van der Waals surface area contributed by atoms with Crippen LogP contribution in [0.3, 0.4) is 0 Å². The molecule has 10 heteroatoms. The first-order valence-electron chi connectivity index (χ1n) is 6.38. The Hall–Kier alpha value is -2.23. The third-order valence-electron chi connectivity index (χ3n) is 2.64. The number of nitrogens with one attached hydrogen (secondary N) is 1. The molecule has 0 radical (unpaired) electrons. The number of rotatable bonds is 6. The number of anilines is 1. The van der Waals surface area contributed by atoms with Crippen molar-refractivity contribution in [2.24, 2.45) is 0 Å². The minimum Gasteiger partial charge on any atom is -0.497 e. The highest BCUT2D eigenvalue weighted by atomic mass is 32.2. The van der Waals surface area contributed by atoms with Crippen molar-refractivity contribution in [3.05, 3.63) is 30.6 Å². The molecule has 124 valence electrons. The summed E-state index contributed by atoms with van der Waals surface area (Å²) in [6.07, 6.45) is -3.39. The number of thioether (sulfide) groups is 1. The lowest BCUT2D eigenvalue weighted by atomic mass is 10.3. The molecule has 1 heterocycles. The van der Waals surface area contributed by atoms with Crippen LogP contribution in [-0.4, -0.2) is 39.7 Å². The second kappa shape index (κ2) is 7.36. The van der Waals surface area contributed by atoms with E-state index in [0.29, 0.717) is 11.4 Å². The summed E-state index contributed by atoms with van der Waals surface area (Å²) in [6, 6.07) is 6.69. The average Bonchev–Trinajstić information content (AvgIpc) is 2.91. The number of benzene rings is 1. The molecule has 0 unspecified atom stereocenters. The number of carbonyl (C=O) groups is 1. The molecule has 1 N–H and O–H groups in total. The smallest absolute Gasteiger partial charge is 0.406 e. The molecule has 23 heavy (non-hydrogen) atoms. The van der Waals surface area contributed by atoms with Crippen molar-refractivity contribution >= 4 is 23.4 Å². The van der Waals surface area contributed by atoms with Crippen LogP contribution in [0.5, 0.6) is 5.75 Å². The predicted octanol–water partition coefficient (Wildman–Crippen LogP) is 2.58. The fourth-order valence-corrected chi connectivity index (χ4v) is 2.37. The molecule has 0 saturated heterocycles. The van der Waals surface area contributed by atoms with E-state index in [2.05, 4.69) is 15.5 Å². The lowest BCUT2D eigenvalue weighted by molar-refractivity contribution is -0.142. The van der Waals surface area contributed by atoms with Gasteiger partial charge in [0.1, 0.15) is 18.6 Å². The van der Waals surface area contributed by atoms with Crippen molar-refractivity contribution in [2.75, 3.05) is 18.2 Å². The highest BCUT2D eigenvalue weighted by Crippen LogP contribution is 2.22. The van der Waals surface area contributed by atoms with Crippen molar-refractivity contribution in [2.45, 2.75) is 17.9 Å². The Balaban J connectivity index is 1.88. The maximum atomic E-state index is 12.4. The molecule has 1 aromatic carbocycles. The first-order valence-corrected chi connectivity index (χ1v) is 7.37. The summed E-state index contributed by atoms with van der Waals surface area (Å²) >= 11 is 0.882. The van der Waals surface area contributed by atoms with Crippen LogP contribution in [0.2, 0.25) is 0 Å². The van der Waals surface area contributed by atoms with Crippen LogP contribution in [0.15, 0.2) is 35.7 Å². The Morgan fingerprint density at radius 3 is 2.65 bits per heavy atom. The van der Waals surface area contributed by atoms with Crippen LogP contribution in [0.4, 0.5) is 18.9 Å². The van der Waals surface area contributed by atoms with Crippen molar-refractivity contribution in [3.63, 3.8) is 0 Å². The van der Waals surface area contributed by atoms with Gasteiger partial charge in [-0.1, -0.05) is 11.8 Å². The highest BCUT2D eigenvalue weighted by molar-refractivity contribution is 7.99. The number of methoxy groups -OCH3 is 1. The summed E-state index contributed by atoms with van der Waals surface area (Å²) in [4.78, 5) is 11.8. The minimum absolute atomic E-state index is 0.0344. The Bertz CT molecular complexity index is 658. The van der Waals surface area contributed by atoms with Crippen LogP contribution < -0.4 is 10.1 Å². The molecule has 0 spiro atoms. The van der Waals surface area contributed by atoms with Crippen LogP contribution >= 0.6 is 11.8 Å². The quantitative estimate of drug-likeness (QED) is 0.814. The van der Waals surface area contributed by atoms with Gasteiger partial charge in [0.2, 0.25) is 5.91 Å². The summed E-state index contributed by atoms with van der Waals surface area (Å²) in [5.74, 6) is 0.210. The van der Waals surface area contributed by atoms with E-state index < -0.39 is 12.7 Å². The first-order chi connectivity index (χ1) is 10.9. The predicted molar refractivity (Wildman–Crippen MR) is 78.4 cm³/mol. The Labute approximate surface area is 134 Å². The number of halogens is 3. The zero-order valence-corrected chi connectivity index (χ0v) is 12.8. The number of aromatic nitrogens is 3. The summed E-state index contributed by atoms with van der Waals surface area (Å²) in [5.41, 5.74) is 0.563. The Morgan fingerprint density at radius 2 is 2.04 bits per heavy atom. The van der Waals surface area contributed by atoms with Crippen molar-refractivity contribution in [1.82, 2.24) is 14.8 Å². The summed E-state index contributed by atoms with van der Waals surface area (Å²) in [6.45, 7) is -1.19. The van der Waals surface area contributed by atoms with Crippen LogP contribution in [0.25, 0.3) is 0 Å². The van der Waals surface area contributed by atoms with Crippen molar-refractivity contribution in [3.8, 4) is 5.75 Å². The van der Waals surface area contributed by atoms with Crippen LogP contribution in [0.1, 0.15) is 0 Å². The zero-order chi connectivity index (χ0) is 16.9. The van der Waals surface area contributed by atoms with E-state index in [-0.39, 0.29) is 16.8 Å². The minimum atomic E-state index is -4.37. The maximum Gasteiger partial charge on any atom is 0.406 e. The van der Waals surface area contributed by atoms with Gasteiger partial charge in [-0.25, -0.2) is 0 Å². The van der Waals surface area contributed by atoms with Gasteiger partial charge in [-0.05, 0) is 24.3 Å². The van der Waals surface area contributed by atoms with Gasteiger partial charge >= 0.3 is 6.18 Å². The monoisotopic (exact) mass is 346 g/mol. The number of hydrogen-bond acceptors (Lipinski definition) is 5. The fourth-order valence-electron chi connectivity index (χ4n) is 1.66. The fraction of sp³-hybridized carbons (Fsp3) is 0.308. The second-order valence-corrected chi connectivity index (χ2v) is 5.36. The van der Waals surface area contributed by atoms with E-state index in [9.17, 15) is 18.0 Å². The van der Waals surface area contributed by atoms with Gasteiger partial charge < -0.3 is 10.1 Å². The molecular formula is C13H13F3N4O2S. The maximum absolute atomic E-state index is 12.4. The van der Waals surface area contributed by atoms with Crippen LogP contribution in [0, 0.1) is 0 Å². The van der Waals surface area contributed by atoms with E-state index in [1.54, 1.807) is 24.3 Å². The van der Waals surface area contributed by atoms with Crippen LogP contribution in [-0.2, 0) is 11.3 Å². The molecule has 0 aliphatic carbocycles. The van der Waals surface area contributed by atoms with Gasteiger partial charge in [0.15, 0.2) is 5.16 Å². The van der Waals surface area contributed by atoms with Gasteiger partial charge in [-0.2, -0.15) is 13.2 Å². The molecule has 0 saturated carbocycles. The van der Waals surface area contributed by atoms with E-state index in [4.69, 9.17) is 4.74 Å². The van der Waals surface area contributed by atoms with Gasteiger partial charge in [-0.3, -0.25) is 9.36 Å². The van der Waals surface area contributed by atoms with Crippen molar-refractivity contribution < 1.29 is 22.7 Å². The molecule has 0 bridgehead atoms. The lowest BCUT2D eigenvalue weighted by Gasteiger charge is -2.09. The Kier molecular flexibility index (Phi) is 5.48. The number of ether oxygens (including phenoxy) is 1. The number of nitrogens with zero attached hydrogens (tertiary/aromatic N) is 3. The molecule has 0 aliphatic heterocycles. The van der Waals surface area contributed by atoms with E-state index in [1.165, 1.54) is 7.11 Å². The molecule has 2 rings (SSSR count). The second-order valence-electron chi connectivity index (χ2n) is 4.42. The summed E-state index contributed by atoms with van der Waals surface area (Å²) in [5, 5.41) is 9.68. The molecule has 0 atom stereocenters. The topological polar surface area (TPSA) is 69.0 Å². The molecule has 0 aliphatic rings. The molecule has 1 amide bonds. The van der Waals surface area contributed by atoms with Gasteiger partial charge in [0, 0.05) is 5.69 Å². The first kappa shape index (κ1) is 17.1. The molecule has 2 aromatic rings. The van der Waals surface area contributed by atoms with Gasteiger partial charge in [0.05, 0.1) is 12.9 Å². The molecular weight excluding hydrogens is 333 g/mol. The van der Waals surface area contributed by atoms with E-state index in [1.807, 2.05) is 0 Å². The average molecular weight is 346 g/mol. The third kappa shape index (κ3) is 5.47. The standard InChI is InChI=1S/C13H13F3N4O2S/c1-22-10-4-2-9(3-5-10)18-11(21)6-23-12-19-17-8-20(12)7-13(14,15)16/h2-5,8H,6-7H2,1H3,(H,18,21). The highest BCUT2D eigenvalue weighted by Gasteiger charge is 2.29. The zero-order valence-electron chi connectivity index (χ0n) is 12.0. The number of carbonyl (C=O) groups excluding carboxylic acids is 1. The lowest BCUT2D eigenvalue weighted by Crippen LogP contribution is -2.18. The third-order valence-corrected chi connectivity index (χ3v) is 3.62.